The van der Waals surface area contributed by atoms with E-state index < -0.39 is 0 Å². The van der Waals surface area contributed by atoms with Crippen LogP contribution in [0.5, 0.6) is 0 Å². The van der Waals surface area contributed by atoms with E-state index >= 15 is 0 Å². The fraction of sp³-hybridized carbons (Fsp3) is 0.722. The van der Waals surface area contributed by atoms with Crippen LogP contribution in [0.2, 0.25) is 0 Å². The van der Waals surface area contributed by atoms with Crippen LogP contribution in [-0.2, 0) is 0 Å². The van der Waals surface area contributed by atoms with Gasteiger partial charge in [0, 0.05) is 25.3 Å². The van der Waals surface area contributed by atoms with Crippen LogP contribution in [0.1, 0.15) is 51.4 Å². The van der Waals surface area contributed by atoms with E-state index in [9.17, 15) is 0 Å². The summed E-state index contributed by atoms with van der Waals surface area (Å²) in [5.74, 6) is 3.23. The number of pyridine rings is 1. The number of hydrogen-bond donors (Lipinski definition) is 1. The summed E-state index contributed by atoms with van der Waals surface area (Å²) in [5, 5.41) is 3.83. The van der Waals surface area contributed by atoms with E-state index in [1.165, 1.54) is 76.0 Å². The van der Waals surface area contributed by atoms with Crippen molar-refractivity contribution in [2.24, 2.45) is 11.8 Å². The highest BCUT2D eigenvalue weighted by molar-refractivity contribution is 5.66. The SMILES string of the molecule is c1cnc(N2CCCC2)c(NC2CCCC(C3CC3)C2)c1. The zero-order valence-corrected chi connectivity index (χ0v) is 12.9. The maximum atomic E-state index is 4.66. The Labute approximate surface area is 128 Å². The highest BCUT2D eigenvalue weighted by Gasteiger charge is 2.34. The topological polar surface area (TPSA) is 28.2 Å². The lowest BCUT2D eigenvalue weighted by Gasteiger charge is -2.31. The van der Waals surface area contributed by atoms with Crippen LogP contribution in [0.15, 0.2) is 18.3 Å². The van der Waals surface area contributed by atoms with Gasteiger partial charge in [0.1, 0.15) is 0 Å². The molecule has 0 bridgehead atoms. The van der Waals surface area contributed by atoms with Crippen LogP contribution in [0.25, 0.3) is 0 Å². The van der Waals surface area contributed by atoms with Crippen LogP contribution < -0.4 is 10.2 Å². The molecule has 1 aliphatic heterocycles. The Morgan fingerprint density at radius 3 is 2.67 bits per heavy atom. The average Bonchev–Trinajstić information content (AvgIpc) is 3.24. The third-order valence-corrected chi connectivity index (χ3v) is 5.56. The summed E-state index contributed by atoms with van der Waals surface area (Å²) in [6.45, 7) is 2.34. The predicted molar refractivity (Wildman–Crippen MR) is 87.8 cm³/mol. The molecule has 0 amide bonds. The molecule has 2 heterocycles. The summed E-state index contributed by atoms with van der Waals surface area (Å²) >= 11 is 0. The summed E-state index contributed by atoms with van der Waals surface area (Å²) in [6, 6.07) is 4.96. The minimum atomic E-state index is 0.662. The van der Waals surface area contributed by atoms with E-state index in [2.05, 4.69) is 27.3 Å². The molecule has 1 N–H and O–H groups in total. The Morgan fingerprint density at radius 2 is 1.86 bits per heavy atom. The first-order valence-electron chi connectivity index (χ1n) is 8.86. The first kappa shape index (κ1) is 13.4. The van der Waals surface area contributed by atoms with Crippen molar-refractivity contribution in [3.05, 3.63) is 18.3 Å². The zero-order chi connectivity index (χ0) is 14.1. The Bertz CT molecular complexity index is 477. The quantitative estimate of drug-likeness (QED) is 0.904. The van der Waals surface area contributed by atoms with Gasteiger partial charge in [-0.25, -0.2) is 4.98 Å². The van der Waals surface area contributed by atoms with Crippen molar-refractivity contribution >= 4 is 11.5 Å². The van der Waals surface area contributed by atoms with Gasteiger partial charge in [0.25, 0.3) is 0 Å². The molecule has 2 unspecified atom stereocenters. The summed E-state index contributed by atoms with van der Waals surface area (Å²) in [7, 11) is 0. The van der Waals surface area contributed by atoms with E-state index in [4.69, 9.17) is 0 Å². The van der Waals surface area contributed by atoms with Crippen molar-refractivity contribution in [2.75, 3.05) is 23.3 Å². The van der Waals surface area contributed by atoms with E-state index in [1.807, 2.05) is 6.20 Å². The van der Waals surface area contributed by atoms with Crippen molar-refractivity contribution in [1.29, 1.82) is 0 Å². The molecule has 21 heavy (non-hydrogen) atoms. The van der Waals surface area contributed by atoms with Crippen molar-refractivity contribution in [1.82, 2.24) is 4.98 Å². The van der Waals surface area contributed by atoms with Crippen LogP contribution in [0.3, 0.4) is 0 Å². The van der Waals surface area contributed by atoms with Gasteiger partial charge in [0.05, 0.1) is 5.69 Å². The second-order valence-electron chi connectivity index (χ2n) is 7.17. The average molecular weight is 285 g/mol. The normalized spacial score (nSPS) is 29.6. The molecule has 1 aromatic rings. The molecular weight excluding hydrogens is 258 g/mol. The minimum Gasteiger partial charge on any atom is -0.379 e. The van der Waals surface area contributed by atoms with Gasteiger partial charge in [-0.15, -0.1) is 0 Å². The van der Waals surface area contributed by atoms with Crippen molar-refractivity contribution in [3.63, 3.8) is 0 Å². The van der Waals surface area contributed by atoms with Gasteiger partial charge in [-0.1, -0.05) is 12.8 Å². The van der Waals surface area contributed by atoms with E-state index in [0.29, 0.717) is 6.04 Å². The van der Waals surface area contributed by atoms with Gasteiger partial charge in [0.15, 0.2) is 5.82 Å². The number of rotatable bonds is 4. The van der Waals surface area contributed by atoms with Gasteiger partial charge < -0.3 is 10.2 Å². The first-order chi connectivity index (χ1) is 10.4. The fourth-order valence-corrected chi connectivity index (χ4v) is 4.26. The van der Waals surface area contributed by atoms with E-state index in [0.717, 1.165) is 11.8 Å². The number of nitrogens with zero attached hydrogens (tertiary/aromatic N) is 2. The Balaban J connectivity index is 1.46. The molecule has 2 atom stereocenters. The monoisotopic (exact) mass is 285 g/mol. The van der Waals surface area contributed by atoms with E-state index in [-0.39, 0.29) is 0 Å². The van der Waals surface area contributed by atoms with Crippen LogP contribution >= 0.6 is 0 Å². The highest BCUT2D eigenvalue weighted by atomic mass is 15.2. The second kappa shape index (κ2) is 5.86. The molecule has 2 saturated carbocycles. The third-order valence-electron chi connectivity index (χ3n) is 5.56. The minimum absolute atomic E-state index is 0.662. The van der Waals surface area contributed by atoms with Gasteiger partial charge >= 0.3 is 0 Å². The molecule has 3 nitrogen and oxygen atoms in total. The van der Waals surface area contributed by atoms with E-state index in [1.54, 1.807) is 0 Å². The molecule has 3 aliphatic rings. The first-order valence-corrected chi connectivity index (χ1v) is 8.86. The standard InChI is InChI=1S/C18H27N3/c1-2-12-21(11-1)18-17(7-4-10-19-18)20-16-6-3-5-15(13-16)14-8-9-14/h4,7,10,14-16,20H,1-3,5-6,8-9,11-13H2. The maximum absolute atomic E-state index is 4.66. The van der Waals surface area contributed by atoms with Gasteiger partial charge in [-0.05, 0) is 62.5 Å². The molecule has 0 radical (unpaired) electrons. The Morgan fingerprint density at radius 1 is 1.00 bits per heavy atom. The largest absolute Gasteiger partial charge is 0.379 e. The third kappa shape index (κ3) is 3.02. The summed E-state index contributed by atoms with van der Waals surface area (Å²) in [6.07, 6.45) is 13.1. The lowest BCUT2D eigenvalue weighted by Crippen LogP contribution is -2.29. The molecule has 4 rings (SSSR count). The van der Waals surface area contributed by atoms with Crippen molar-refractivity contribution in [2.45, 2.75) is 57.4 Å². The van der Waals surface area contributed by atoms with Crippen LogP contribution in [-0.4, -0.2) is 24.1 Å². The smallest absolute Gasteiger partial charge is 0.151 e. The summed E-state index contributed by atoms with van der Waals surface area (Å²) in [4.78, 5) is 7.10. The van der Waals surface area contributed by atoms with Gasteiger partial charge in [-0.2, -0.15) is 0 Å². The second-order valence-corrected chi connectivity index (χ2v) is 7.17. The van der Waals surface area contributed by atoms with Crippen LogP contribution in [0.4, 0.5) is 11.5 Å². The van der Waals surface area contributed by atoms with Crippen LogP contribution in [0, 0.1) is 11.8 Å². The number of aromatic nitrogens is 1. The number of anilines is 2. The Hall–Kier alpha value is -1.25. The predicted octanol–water partition coefficient (Wildman–Crippen LogP) is 4.06. The molecule has 2 aliphatic carbocycles. The molecule has 0 aromatic carbocycles. The zero-order valence-electron chi connectivity index (χ0n) is 12.9. The van der Waals surface area contributed by atoms with Gasteiger partial charge in [0.2, 0.25) is 0 Å². The molecule has 1 saturated heterocycles. The van der Waals surface area contributed by atoms with Crippen molar-refractivity contribution < 1.29 is 0 Å². The van der Waals surface area contributed by atoms with Gasteiger partial charge in [-0.3, -0.25) is 0 Å². The molecule has 114 valence electrons. The molecule has 3 heteroatoms. The highest BCUT2D eigenvalue weighted by Crippen LogP contribution is 2.44. The summed E-state index contributed by atoms with van der Waals surface area (Å²) < 4.78 is 0. The fourth-order valence-electron chi connectivity index (χ4n) is 4.26. The molecule has 3 fully saturated rings. The number of nitrogens with one attached hydrogen (secondary N) is 1. The number of hydrogen-bond acceptors (Lipinski definition) is 3. The molecule has 0 spiro atoms. The maximum Gasteiger partial charge on any atom is 0.151 e. The van der Waals surface area contributed by atoms with Crippen molar-refractivity contribution in [3.8, 4) is 0 Å². The Kier molecular flexibility index (Phi) is 3.74. The molecule has 1 aromatic heterocycles. The molecular formula is C18H27N3. The lowest BCUT2D eigenvalue weighted by molar-refractivity contribution is 0.303. The summed E-state index contributed by atoms with van der Waals surface area (Å²) in [5.41, 5.74) is 1.26. The lowest BCUT2D eigenvalue weighted by atomic mass is 9.82.